The molecule has 1 aromatic rings. The first-order chi connectivity index (χ1) is 14.9. The number of hydrogen-bond donors (Lipinski definition) is 1. The number of fused-ring (bicyclic) bond motifs is 4. The van der Waals surface area contributed by atoms with Gasteiger partial charge < -0.3 is 29.6 Å². The quantitative estimate of drug-likeness (QED) is 0.764. The number of benzene rings is 1. The maximum atomic E-state index is 12.6. The fraction of sp³-hybridized carbons (Fsp3) is 0.667. The van der Waals surface area contributed by atoms with E-state index in [1.165, 1.54) is 0 Å². The van der Waals surface area contributed by atoms with Crippen molar-refractivity contribution in [2.24, 2.45) is 17.6 Å². The van der Waals surface area contributed by atoms with Crippen LogP contribution in [-0.4, -0.2) is 53.9 Å². The summed E-state index contributed by atoms with van der Waals surface area (Å²) >= 11 is 0. The zero-order valence-electron chi connectivity index (χ0n) is 19.6. The number of hydrogen-bond acceptors (Lipinski definition) is 6. The van der Waals surface area contributed by atoms with Gasteiger partial charge in [0, 0.05) is 30.5 Å². The highest BCUT2D eigenvalue weighted by atomic mass is 16.6. The molecule has 32 heavy (non-hydrogen) atoms. The molecule has 4 rings (SSSR count). The van der Waals surface area contributed by atoms with Crippen molar-refractivity contribution in [2.45, 2.75) is 70.9 Å². The lowest BCUT2D eigenvalue weighted by Gasteiger charge is -2.53. The molecule has 2 N–H and O–H groups in total. The third-order valence-electron chi connectivity index (χ3n) is 6.50. The van der Waals surface area contributed by atoms with Gasteiger partial charge in [0.1, 0.15) is 11.2 Å². The number of rotatable bonds is 3. The van der Waals surface area contributed by atoms with Crippen LogP contribution in [0.3, 0.4) is 0 Å². The average Bonchev–Trinajstić information content (AvgIpc) is 2.69. The van der Waals surface area contributed by atoms with E-state index in [1.54, 1.807) is 11.0 Å². The third kappa shape index (κ3) is 4.51. The van der Waals surface area contributed by atoms with Crippen LogP contribution in [0.4, 0.5) is 4.79 Å². The second-order valence-electron chi connectivity index (χ2n) is 10.5. The van der Waals surface area contributed by atoms with Gasteiger partial charge in [-0.1, -0.05) is 12.1 Å². The Morgan fingerprint density at radius 1 is 1.28 bits per heavy atom. The number of ether oxygens (including phenoxy) is 4. The van der Waals surface area contributed by atoms with E-state index in [1.807, 2.05) is 32.9 Å². The molecule has 4 atom stereocenters. The Morgan fingerprint density at radius 2 is 2.03 bits per heavy atom. The molecule has 8 heteroatoms. The smallest absolute Gasteiger partial charge is 0.410 e. The van der Waals surface area contributed by atoms with Crippen LogP contribution in [0, 0.1) is 11.8 Å². The van der Waals surface area contributed by atoms with Gasteiger partial charge in [-0.05, 0) is 53.5 Å². The molecular weight excluding hydrogens is 412 g/mol. The van der Waals surface area contributed by atoms with Crippen molar-refractivity contribution in [1.82, 2.24) is 4.90 Å². The van der Waals surface area contributed by atoms with Gasteiger partial charge in [0.2, 0.25) is 0 Å². The minimum atomic E-state index is -0.538. The highest BCUT2D eigenvalue weighted by Gasteiger charge is 2.52. The number of carbonyl (C=O) groups is 2. The fourth-order valence-electron chi connectivity index (χ4n) is 5.05. The van der Waals surface area contributed by atoms with Crippen molar-refractivity contribution in [3.63, 3.8) is 0 Å². The van der Waals surface area contributed by atoms with Gasteiger partial charge in [-0.25, -0.2) is 4.79 Å². The summed E-state index contributed by atoms with van der Waals surface area (Å²) in [5.41, 5.74) is 5.16. The summed E-state index contributed by atoms with van der Waals surface area (Å²) in [4.78, 5) is 25.6. The summed E-state index contributed by atoms with van der Waals surface area (Å²) in [5.74, 6) is 0.907. The molecule has 0 radical (unpaired) electrons. The van der Waals surface area contributed by atoms with E-state index in [0.29, 0.717) is 24.6 Å². The van der Waals surface area contributed by atoms with Crippen LogP contribution < -0.4 is 15.2 Å². The molecular formula is C24H34N2O6. The molecule has 0 bridgehead atoms. The Balaban J connectivity index is 1.54. The van der Waals surface area contributed by atoms with Crippen molar-refractivity contribution < 1.29 is 28.5 Å². The van der Waals surface area contributed by atoms with E-state index in [2.05, 4.69) is 13.8 Å². The minimum Gasteiger partial charge on any atom is -0.483 e. The first-order valence-electron chi connectivity index (χ1n) is 11.3. The van der Waals surface area contributed by atoms with Crippen LogP contribution in [0.2, 0.25) is 0 Å². The Morgan fingerprint density at radius 3 is 2.72 bits per heavy atom. The van der Waals surface area contributed by atoms with Crippen molar-refractivity contribution in [3.05, 3.63) is 23.8 Å². The molecule has 0 saturated carbocycles. The highest BCUT2D eigenvalue weighted by Crippen LogP contribution is 2.55. The van der Waals surface area contributed by atoms with E-state index >= 15 is 0 Å². The summed E-state index contributed by atoms with van der Waals surface area (Å²) in [6.07, 6.45) is 1.31. The first kappa shape index (κ1) is 22.7. The Kier molecular flexibility index (Phi) is 5.77. The summed E-state index contributed by atoms with van der Waals surface area (Å²) in [7, 11) is 0. The minimum absolute atomic E-state index is 0.0619. The molecule has 2 fully saturated rings. The van der Waals surface area contributed by atoms with Gasteiger partial charge in [0.25, 0.3) is 5.91 Å². The number of nitrogens with zero attached hydrogens (tertiary/aromatic N) is 1. The van der Waals surface area contributed by atoms with E-state index < -0.39 is 17.1 Å². The van der Waals surface area contributed by atoms with Crippen LogP contribution in [0.1, 0.15) is 59.1 Å². The molecule has 8 nitrogen and oxygen atoms in total. The largest absolute Gasteiger partial charge is 0.483 e. The van der Waals surface area contributed by atoms with Crippen molar-refractivity contribution >= 4 is 12.0 Å². The second kappa shape index (κ2) is 8.14. The number of piperidine rings is 1. The maximum Gasteiger partial charge on any atom is 0.410 e. The standard InChI is InChI=1S/C24H34N2O6/c1-23(2,3)32-22(28)26-10-9-17-14(12-26)11-16-20(30-17)15-7-6-8-18(29-13-19(25)27)21(15)31-24(16,4)5/h6-8,14,16-17,20H,9-13H2,1-5H3,(H2,25,27)/t14-,16-,17-,20+/m1/s1. The maximum absolute atomic E-state index is 12.6. The van der Waals surface area contributed by atoms with E-state index in [4.69, 9.17) is 24.7 Å². The number of amides is 2. The summed E-state index contributed by atoms with van der Waals surface area (Å²) in [6.45, 7) is 10.8. The van der Waals surface area contributed by atoms with E-state index in [9.17, 15) is 9.59 Å². The average molecular weight is 447 g/mol. The fourth-order valence-corrected chi connectivity index (χ4v) is 5.05. The third-order valence-corrected chi connectivity index (χ3v) is 6.50. The van der Waals surface area contributed by atoms with Crippen LogP contribution in [0.25, 0.3) is 0 Å². The van der Waals surface area contributed by atoms with Crippen molar-refractivity contribution in [3.8, 4) is 11.5 Å². The number of primary amides is 1. The zero-order chi connectivity index (χ0) is 23.3. The lowest BCUT2D eigenvalue weighted by atomic mass is 9.70. The molecule has 0 spiro atoms. The SMILES string of the molecule is CC(C)(C)OC(=O)N1CC[C@H]2O[C@H]3c4cccc(OCC(N)=O)c4OC(C)(C)[C@@H]3C[C@@H]2C1. The lowest BCUT2D eigenvalue weighted by molar-refractivity contribution is -0.186. The Bertz CT molecular complexity index is 893. The van der Waals surface area contributed by atoms with Gasteiger partial charge in [-0.2, -0.15) is 0 Å². The zero-order valence-corrected chi connectivity index (χ0v) is 19.6. The molecule has 2 amide bonds. The predicted octanol–water partition coefficient (Wildman–Crippen LogP) is 3.42. The molecule has 3 aliphatic heterocycles. The van der Waals surface area contributed by atoms with Crippen LogP contribution in [-0.2, 0) is 14.3 Å². The monoisotopic (exact) mass is 446 g/mol. The molecule has 1 aromatic carbocycles. The number of likely N-dealkylation sites (tertiary alicyclic amines) is 1. The Labute approximate surface area is 189 Å². The van der Waals surface area contributed by atoms with Gasteiger partial charge in [-0.15, -0.1) is 0 Å². The predicted molar refractivity (Wildman–Crippen MR) is 117 cm³/mol. The van der Waals surface area contributed by atoms with Crippen LogP contribution in [0.15, 0.2) is 18.2 Å². The summed E-state index contributed by atoms with van der Waals surface area (Å²) < 4.78 is 24.3. The van der Waals surface area contributed by atoms with Crippen molar-refractivity contribution in [2.75, 3.05) is 19.7 Å². The molecule has 3 aliphatic rings. The first-order valence-corrected chi connectivity index (χ1v) is 11.3. The molecule has 3 heterocycles. The number of para-hydroxylation sites is 1. The van der Waals surface area contributed by atoms with E-state index in [0.717, 1.165) is 18.4 Å². The van der Waals surface area contributed by atoms with Crippen molar-refractivity contribution in [1.29, 1.82) is 0 Å². The summed E-state index contributed by atoms with van der Waals surface area (Å²) in [5, 5.41) is 0. The number of nitrogens with two attached hydrogens (primary N) is 1. The van der Waals surface area contributed by atoms with Crippen LogP contribution >= 0.6 is 0 Å². The molecule has 2 saturated heterocycles. The van der Waals surface area contributed by atoms with Crippen LogP contribution in [0.5, 0.6) is 11.5 Å². The normalized spacial score (nSPS) is 28.5. The van der Waals surface area contributed by atoms with Gasteiger partial charge in [0.15, 0.2) is 18.1 Å². The second-order valence-corrected chi connectivity index (χ2v) is 10.5. The van der Waals surface area contributed by atoms with Gasteiger partial charge in [0.05, 0.1) is 12.2 Å². The molecule has 176 valence electrons. The van der Waals surface area contributed by atoms with Gasteiger partial charge >= 0.3 is 6.09 Å². The topological polar surface area (TPSA) is 100 Å². The Hall–Kier alpha value is -2.48. The summed E-state index contributed by atoms with van der Waals surface area (Å²) in [6, 6.07) is 5.66. The van der Waals surface area contributed by atoms with Gasteiger partial charge in [-0.3, -0.25) is 4.79 Å². The lowest BCUT2D eigenvalue weighted by Crippen LogP contribution is -2.56. The molecule has 0 aromatic heterocycles. The highest BCUT2D eigenvalue weighted by molar-refractivity contribution is 5.75. The molecule has 0 unspecified atom stereocenters. The molecule has 0 aliphatic carbocycles. The number of carbonyl (C=O) groups excluding carboxylic acids is 2. The van der Waals surface area contributed by atoms with E-state index in [-0.39, 0.29) is 36.7 Å².